The maximum atomic E-state index is 5.86. The summed E-state index contributed by atoms with van der Waals surface area (Å²) in [6.07, 6.45) is 5.67. The average Bonchev–Trinajstić information content (AvgIpc) is 2.79. The highest BCUT2D eigenvalue weighted by molar-refractivity contribution is 7.09. The van der Waals surface area contributed by atoms with E-state index >= 15 is 0 Å². The molecule has 17 heavy (non-hydrogen) atoms. The first-order valence-electron chi connectivity index (χ1n) is 6.51. The molecular formula is C14H23NOS. The van der Waals surface area contributed by atoms with Crippen molar-refractivity contribution in [2.45, 2.75) is 58.5 Å². The molecule has 1 saturated carbocycles. The van der Waals surface area contributed by atoms with Gasteiger partial charge in [-0.25, -0.2) is 4.98 Å². The van der Waals surface area contributed by atoms with Gasteiger partial charge >= 0.3 is 0 Å². The van der Waals surface area contributed by atoms with Gasteiger partial charge in [0.05, 0.1) is 5.69 Å². The molecule has 3 heteroatoms. The molecule has 0 N–H and O–H groups in total. The Balaban J connectivity index is 2.21. The summed E-state index contributed by atoms with van der Waals surface area (Å²) < 4.78 is 5.86. The number of methoxy groups -OCH3 is 1. The van der Waals surface area contributed by atoms with E-state index in [1.807, 2.05) is 7.11 Å². The molecule has 2 rings (SSSR count). The lowest BCUT2D eigenvalue weighted by atomic mass is 9.71. The highest BCUT2D eigenvalue weighted by atomic mass is 32.1. The Hall–Kier alpha value is -0.410. The van der Waals surface area contributed by atoms with Crippen LogP contribution in [0, 0.1) is 5.41 Å². The molecule has 96 valence electrons. The molecule has 0 saturated heterocycles. The molecule has 0 spiro atoms. The molecule has 1 aromatic heterocycles. The van der Waals surface area contributed by atoms with E-state index in [0.717, 1.165) is 19.3 Å². The molecule has 0 unspecified atom stereocenters. The molecule has 1 fully saturated rings. The van der Waals surface area contributed by atoms with Crippen molar-refractivity contribution >= 4 is 11.3 Å². The quantitative estimate of drug-likeness (QED) is 0.807. The third-order valence-corrected chi connectivity index (χ3v) is 5.18. The van der Waals surface area contributed by atoms with Crippen LogP contribution in [0.25, 0.3) is 0 Å². The number of ether oxygens (including phenoxy) is 1. The predicted octanol–water partition coefficient (Wildman–Crippen LogP) is 4.15. The molecule has 0 atom stereocenters. The molecule has 0 bridgehead atoms. The largest absolute Gasteiger partial charge is 0.371 e. The van der Waals surface area contributed by atoms with Crippen LogP contribution >= 0.6 is 11.3 Å². The zero-order valence-electron chi connectivity index (χ0n) is 11.4. The molecule has 0 aliphatic heterocycles. The third kappa shape index (κ3) is 2.55. The second-order valence-electron chi connectivity index (χ2n) is 5.86. The Morgan fingerprint density at radius 2 is 1.94 bits per heavy atom. The predicted molar refractivity (Wildman–Crippen MR) is 72.4 cm³/mol. The first kappa shape index (κ1) is 13.0. The maximum Gasteiger partial charge on any atom is 0.125 e. The number of thiazole rings is 1. The van der Waals surface area contributed by atoms with Crippen molar-refractivity contribution in [1.82, 2.24) is 4.98 Å². The summed E-state index contributed by atoms with van der Waals surface area (Å²) in [5, 5.41) is 3.36. The SMILES string of the molecule is CCc1csc(C2(OC)CCC(C)(C)CC2)n1. The minimum atomic E-state index is -0.104. The summed E-state index contributed by atoms with van der Waals surface area (Å²) in [4.78, 5) is 4.74. The van der Waals surface area contributed by atoms with Crippen molar-refractivity contribution in [3.8, 4) is 0 Å². The van der Waals surface area contributed by atoms with E-state index in [9.17, 15) is 0 Å². The Bertz CT molecular complexity index is 373. The normalized spacial score (nSPS) is 22.6. The fourth-order valence-electron chi connectivity index (χ4n) is 2.51. The van der Waals surface area contributed by atoms with Gasteiger partial charge in [0.15, 0.2) is 0 Å². The summed E-state index contributed by atoms with van der Waals surface area (Å²) in [6.45, 7) is 6.86. The maximum absolute atomic E-state index is 5.86. The van der Waals surface area contributed by atoms with Gasteiger partial charge in [0.25, 0.3) is 0 Å². The number of hydrogen-bond acceptors (Lipinski definition) is 3. The molecule has 1 aliphatic carbocycles. The molecule has 1 heterocycles. The summed E-state index contributed by atoms with van der Waals surface area (Å²) in [5.74, 6) is 0. The Labute approximate surface area is 108 Å². The van der Waals surface area contributed by atoms with Gasteiger partial charge in [0, 0.05) is 12.5 Å². The van der Waals surface area contributed by atoms with Crippen molar-refractivity contribution in [3.05, 3.63) is 16.1 Å². The zero-order chi connectivity index (χ0) is 12.5. The fraction of sp³-hybridized carbons (Fsp3) is 0.786. The Morgan fingerprint density at radius 1 is 1.29 bits per heavy atom. The lowest BCUT2D eigenvalue weighted by Crippen LogP contribution is -2.36. The van der Waals surface area contributed by atoms with Gasteiger partial charge in [-0.15, -0.1) is 11.3 Å². The van der Waals surface area contributed by atoms with Crippen molar-refractivity contribution < 1.29 is 4.74 Å². The van der Waals surface area contributed by atoms with Gasteiger partial charge in [0.2, 0.25) is 0 Å². The monoisotopic (exact) mass is 253 g/mol. The van der Waals surface area contributed by atoms with E-state index in [1.54, 1.807) is 11.3 Å². The molecule has 0 aromatic carbocycles. The average molecular weight is 253 g/mol. The Morgan fingerprint density at radius 3 is 2.41 bits per heavy atom. The van der Waals surface area contributed by atoms with E-state index in [1.165, 1.54) is 23.5 Å². The molecule has 1 aliphatic rings. The summed E-state index contributed by atoms with van der Waals surface area (Å²) in [5.41, 5.74) is 1.56. The van der Waals surface area contributed by atoms with Crippen LogP contribution in [0.15, 0.2) is 5.38 Å². The second kappa shape index (κ2) is 4.69. The number of aryl methyl sites for hydroxylation is 1. The summed E-state index contributed by atoms with van der Waals surface area (Å²) >= 11 is 1.77. The van der Waals surface area contributed by atoms with Crippen LogP contribution in [0.2, 0.25) is 0 Å². The van der Waals surface area contributed by atoms with Gasteiger partial charge in [-0.3, -0.25) is 0 Å². The fourth-order valence-corrected chi connectivity index (χ4v) is 3.65. The topological polar surface area (TPSA) is 22.1 Å². The van der Waals surface area contributed by atoms with Gasteiger partial charge < -0.3 is 4.74 Å². The summed E-state index contributed by atoms with van der Waals surface area (Å²) in [6, 6.07) is 0. The van der Waals surface area contributed by atoms with Crippen molar-refractivity contribution in [2.75, 3.05) is 7.11 Å². The minimum absolute atomic E-state index is 0.104. The minimum Gasteiger partial charge on any atom is -0.371 e. The smallest absolute Gasteiger partial charge is 0.125 e. The van der Waals surface area contributed by atoms with E-state index in [-0.39, 0.29) is 5.60 Å². The molecule has 0 radical (unpaired) electrons. The van der Waals surface area contributed by atoms with E-state index < -0.39 is 0 Å². The van der Waals surface area contributed by atoms with Crippen LogP contribution in [0.4, 0.5) is 0 Å². The van der Waals surface area contributed by atoms with Gasteiger partial charge in [-0.1, -0.05) is 20.8 Å². The molecule has 0 amide bonds. The molecular weight excluding hydrogens is 230 g/mol. The first-order valence-corrected chi connectivity index (χ1v) is 7.39. The van der Waals surface area contributed by atoms with E-state index in [0.29, 0.717) is 5.41 Å². The highest BCUT2D eigenvalue weighted by Crippen LogP contribution is 2.47. The highest BCUT2D eigenvalue weighted by Gasteiger charge is 2.41. The molecule has 1 aromatic rings. The number of hydrogen-bond donors (Lipinski definition) is 0. The third-order valence-electron chi connectivity index (χ3n) is 4.11. The van der Waals surface area contributed by atoms with Crippen LogP contribution in [-0.2, 0) is 16.8 Å². The van der Waals surface area contributed by atoms with Gasteiger partial charge in [-0.05, 0) is 37.5 Å². The number of nitrogens with zero attached hydrogens (tertiary/aromatic N) is 1. The van der Waals surface area contributed by atoms with Crippen LogP contribution in [-0.4, -0.2) is 12.1 Å². The standard InChI is InChI=1S/C14H23NOS/c1-5-11-10-17-12(15-11)14(16-4)8-6-13(2,3)7-9-14/h10H,5-9H2,1-4H3. The zero-order valence-corrected chi connectivity index (χ0v) is 12.2. The molecule has 2 nitrogen and oxygen atoms in total. The van der Waals surface area contributed by atoms with Crippen LogP contribution in [0.5, 0.6) is 0 Å². The second-order valence-corrected chi connectivity index (χ2v) is 6.72. The number of aromatic nitrogens is 1. The summed E-state index contributed by atoms with van der Waals surface area (Å²) in [7, 11) is 1.84. The van der Waals surface area contributed by atoms with Crippen LogP contribution in [0.3, 0.4) is 0 Å². The Kier molecular flexibility index (Phi) is 3.60. The van der Waals surface area contributed by atoms with Crippen LogP contribution < -0.4 is 0 Å². The van der Waals surface area contributed by atoms with Crippen molar-refractivity contribution in [2.24, 2.45) is 5.41 Å². The lowest BCUT2D eigenvalue weighted by Gasteiger charge is -2.41. The number of rotatable bonds is 3. The van der Waals surface area contributed by atoms with E-state index in [2.05, 4.69) is 26.2 Å². The first-order chi connectivity index (χ1) is 8.01. The van der Waals surface area contributed by atoms with Crippen molar-refractivity contribution in [1.29, 1.82) is 0 Å². The lowest BCUT2D eigenvalue weighted by molar-refractivity contribution is -0.0668. The van der Waals surface area contributed by atoms with Gasteiger partial charge in [0.1, 0.15) is 10.6 Å². The van der Waals surface area contributed by atoms with E-state index in [4.69, 9.17) is 9.72 Å². The van der Waals surface area contributed by atoms with Gasteiger partial charge in [-0.2, -0.15) is 0 Å². The van der Waals surface area contributed by atoms with Crippen LogP contribution in [0.1, 0.15) is 57.2 Å². The van der Waals surface area contributed by atoms with Crippen molar-refractivity contribution in [3.63, 3.8) is 0 Å².